The van der Waals surface area contributed by atoms with E-state index >= 15 is 0 Å². The number of imidazole rings is 1. The van der Waals surface area contributed by atoms with Gasteiger partial charge < -0.3 is 24.8 Å². The van der Waals surface area contributed by atoms with E-state index in [1.54, 1.807) is 33.5 Å². The van der Waals surface area contributed by atoms with Crippen LogP contribution in [0.25, 0.3) is 11.0 Å². The lowest BCUT2D eigenvalue weighted by Crippen LogP contribution is -2.31. The van der Waals surface area contributed by atoms with Crippen molar-refractivity contribution in [1.29, 1.82) is 0 Å². The molecule has 4 aromatic rings. The average molecular weight is 471 g/mol. The smallest absolute Gasteiger partial charge is 0.255 e. The maximum absolute atomic E-state index is 13.8. The van der Waals surface area contributed by atoms with Gasteiger partial charge in [0.2, 0.25) is 5.95 Å². The number of carbonyl (C=O) groups excluding carboxylic acids is 1. The summed E-state index contributed by atoms with van der Waals surface area (Å²) in [5, 5.41) is 6.36. The van der Waals surface area contributed by atoms with Crippen molar-refractivity contribution in [2.75, 3.05) is 32.0 Å². The maximum atomic E-state index is 13.8. The third-order valence-electron chi connectivity index (χ3n) is 6.15. The number of methoxy groups -OCH3 is 3. The van der Waals surface area contributed by atoms with Crippen LogP contribution in [0.4, 0.5) is 11.6 Å². The largest absolute Gasteiger partial charge is 0.497 e. The van der Waals surface area contributed by atoms with Crippen molar-refractivity contribution in [1.82, 2.24) is 9.55 Å². The monoisotopic (exact) mass is 470 g/mol. The first-order valence-electron chi connectivity index (χ1n) is 11.2. The molecule has 2 N–H and O–H groups in total. The zero-order valence-corrected chi connectivity index (χ0v) is 20.0. The quantitative estimate of drug-likeness (QED) is 0.413. The maximum Gasteiger partial charge on any atom is 0.255 e. The molecule has 2 heterocycles. The number of fused-ring (bicyclic) bond motifs is 3. The van der Waals surface area contributed by atoms with Gasteiger partial charge in [0.15, 0.2) is 11.5 Å². The molecule has 0 saturated carbocycles. The summed E-state index contributed by atoms with van der Waals surface area (Å²) in [6, 6.07) is 20.2. The van der Waals surface area contributed by atoms with E-state index in [0.29, 0.717) is 40.2 Å². The zero-order chi connectivity index (χ0) is 24.5. The van der Waals surface area contributed by atoms with E-state index < -0.39 is 6.04 Å². The Morgan fingerprint density at radius 2 is 1.71 bits per heavy atom. The zero-order valence-electron chi connectivity index (χ0n) is 20.0. The molecule has 1 aliphatic heterocycles. The fraction of sp³-hybridized carbons (Fsp3) is 0.185. The Kier molecular flexibility index (Phi) is 5.78. The minimum absolute atomic E-state index is 0.238. The highest BCUT2D eigenvalue weighted by Crippen LogP contribution is 2.45. The Bertz CT molecular complexity index is 1440. The molecule has 0 saturated heterocycles. The minimum atomic E-state index is -0.512. The number of hydrogen-bond donors (Lipinski definition) is 2. The number of nitrogens with zero attached hydrogens (tertiary/aromatic N) is 2. The van der Waals surface area contributed by atoms with Crippen LogP contribution in [0.15, 0.2) is 78.0 Å². The number of para-hydroxylation sites is 3. The molecule has 3 aromatic carbocycles. The van der Waals surface area contributed by atoms with Crippen LogP contribution in [-0.2, 0) is 4.79 Å². The number of hydrogen-bond acceptors (Lipinski definition) is 6. The molecular formula is C27H26N4O4. The number of rotatable bonds is 6. The van der Waals surface area contributed by atoms with Crippen LogP contribution in [-0.4, -0.2) is 36.8 Å². The lowest BCUT2D eigenvalue weighted by Gasteiger charge is -2.31. The molecule has 0 unspecified atom stereocenters. The molecule has 0 fully saturated rings. The summed E-state index contributed by atoms with van der Waals surface area (Å²) in [6.45, 7) is 1.88. The number of nitrogens with one attached hydrogen (secondary N) is 2. The predicted molar refractivity (Wildman–Crippen MR) is 135 cm³/mol. The van der Waals surface area contributed by atoms with Crippen molar-refractivity contribution >= 4 is 28.6 Å². The van der Waals surface area contributed by atoms with Gasteiger partial charge in [-0.1, -0.05) is 24.3 Å². The molecule has 5 rings (SSSR count). The highest BCUT2D eigenvalue weighted by molar-refractivity contribution is 6.06. The van der Waals surface area contributed by atoms with Gasteiger partial charge in [-0.2, -0.15) is 0 Å². The van der Waals surface area contributed by atoms with Gasteiger partial charge >= 0.3 is 0 Å². The average Bonchev–Trinajstić information content (AvgIpc) is 3.25. The molecule has 0 spiro atoms. The topological polar surface area (TPSA) is 86.6 Å². The van der Waals surface area contributed by atoms with Crippen LogP contribution in [0.1, 0.15) is 18.5 Å². The van der Waals surface area contributed by atoms with Crippen LogP contribution in [0.2, 0.25) is 0 Å². The Morgan fingerprint density at radius 1 is 0.943 bits per heavy atom. The Hall–Kier alpha value is -4.46. The second kappa shape index (κ2) is 9.06. The van der Waals surface area contributed by atoms with Gasteiger partial charge in [0.25, 0.3) is 5.91 Å². The summed E-state index contributed by atoms with van der Waals surface area (Å²) in [4.78, 5) is 18.6. The molecule has 35 heavy (non-hydrogen) atoms. The number of ether oxygens (including phenoxy) is 3. The summed E-state index contributed by atoms with van der Waals surface area (Å²) in [5.74, 6) is 2.28. The molecule has 178 valence electrons. The van der Waals surface area contributed by atoms with Gasteiger partial charge in [0.1, 0.15) is 5.75 Å². The first-order chi connectivity index (χ1) is 17.0. The third kappa shape index (κ3) is 3.82. The second-order valence-electron chi connectivity index (χ2n) is 8.13. The molecule has 0 bridgehead atoms. The van der Waals surface area contributed by atoms with E-state index in [2.05, 4.69) is 10.6 Å². The fourth-order valence-corrected chi connectivity index (χ4v) is 4.55. The van der Waals surface area contributed by atoms with E-state index in [4.69, 9.17) is 19.2 Å². The number of benzene rings is 3. The van der Waals surface area contributed by atoms with Crippen molar-refractivity contribution in [2.24, 2.45) is 0 Å². The summed E-state index contributed by atoms with van der Waals surface area (Å²) >= 11 is 0. The molecule has 1 atom stereocenters. The molecule has 8 nitrogen and oxygen atoms in total. The minimum Gasteiger partial charge on any atom is -0.497 e. The first kappa shape index (κ1) is 22.3. The highest BCUT2D eigenvalue weighted by atomic mass is 16.5. The highest BCUT2D eigenvalue weighted by Gasteiger charge is 2.36. The summed E-state index contributed by atoms with van der Waals surface area (Å²) in [6.07, 6.45) is 0. The van der Waals surface area contributed by atoms with Crippen LogP contribution >= 0.6 is 0 Å². The van der Waals surface area contributed by atoms with Crippen LogP contribution in [0.3, 0.4) is 0 Å². The SMILES string of the molecule is COc1ccc(NC(=O)C2=C(C)Nc3nc4ccccc4n3[C@@H]2c2cccc(OC)c2OC)cc1. The van der Waals surface area contributed by atoms with Gasteiger partial charge in [0, 0.05) is 16.9 Å². The second-order valence-corrected chi connectivity index (χ2v) is 8.13. The Labute approximate surface area is 203 Å². The normalized spacial score (nSPS) is 14.8. The number of anilines is 2. The predicted octanol–water partition coefficient (Wildman–Crippen LogP) is 4.99. The Balaban J connectivity index is 1.68. The van der Waals surface area contributed by atoms with Crippen molar-refractivity contribution in [2.45, 2.75) is 13.0 Å². The molecule has 8 heteroatoms. The summed E-state index contributed by atoms with van der Waals surface area (Å²) in [7, 11) is 4.80. The molecule has 0 aliphatic carbocycles. The van der Waals surface area contributed by atoms with Crippen molar-refractivity contribution in [3.05, 3.63) is 83.6 Å². The summed E-state index contributed by atoms with van der Waals surface area (Å²) in [5.41, 5.74) is 4.42. The van der Waals surface area contributed by atoms with E-state index in [1.165, 1.54) is 0 Å². The Morgan fingerprint density at radius 3 is 2.43 bits per heavy atom. The third-order valence-corrected chi connectivity index (χ3v) is 6.15. The summed E-state index contributed by atoms with van der Waals surface area (Å²) < 4.78 is 18.6. The lowest BCUT2D eigenvalue weighted by atomic mass is 9.93. The van der Waals surface area contributed by atoms with E-state index in [9.17, 15) is 4.79 Å². The van der Waals surface area contributed by atoms with Crippen molar-refractivity contribution in [3.8, 4) is 17.2 Å². The van der Waals surface area contributed by atoms with Gasteiger partial charge in [-0.05, 0) is 49.4 Å². The van der Waals surface area contributed by atoms with Gasteiger partial charge in [-0.3, -0.25) is 9.36 Å². The van der Waals surface area contributed by atoms with E-state index in [-0.39, 0.29) is 5.91 Å². The van der Waals surface area contributed by atoms with Crippen LogP contribution in [0.5, 0.6) is 17.2 Å². The molecule has 0 radical (unpaired) electrons. The molecule has 1 aliphatic rings. The number of carbonyl (C=O) groups is 1. The number of amides is 1. The standard InChI is InChI=1S/C27H26N4O4/c1-16-23(26(32)29-17-12-14-18(33-2)15-13-17)24(19-8-7-11-22(34-3)25(19)35-4)31-21-10-6-5-9-20(21)30-27(31)28-16/h5-15,24H,1-4H3,(H,28,30)(H,29,32)/t24-/m1/s1. The van der Waals surface area contributed by atoms with Gasteiger partial charge in [-0.25, -0.2) is 4.98 Å². The number of aromatic nitrogens is 2. The van der Waals surface area contributed by atoms with Gasteiger partial charge in [0.05, 0.1) is 44.0 Å². The van der Waals surface area contributed by atoms with Gasteiger partial charge in [-0.15, -0.1) is 0 Å². The van der Waals surface area contributed by atoms with E-state index in [0.717, 1.165) is 16.6 Å². The van der Waals surface area contributed by atoms with Crippen molar-refractivity contribution in [3.63, 3.8) is 0 Å². The lowest BCUT2D eigenvalue weighted by molar-refractivity contribution is -0.113. The molecule has 1 aromatic heterocycles. The number of allylic oxidation sites excluding steroid dienone is 1. The van der Waals surface area contributed by atoms with E-state index in [1.807, 2.05) is 66.1 Å². The van der Waals surface area contributed by atoms with Crippen molar-refractivity contribution < 1.29 is 19.0 Å². The molecule has 1 amide bonds. The first-order valence-corrected chi connectivity index (χ1v) is 11.2. The van der Waals surface area contributed by atoms with Crippen LogP contribution < -0.4 is 24.8 Å². The van der Waals surface area contributed by atoms with Crippen LogP contribution in [0, 0.1) is 0 Å². The fourth-order valence-electron chi connectivity index (χ4n) is 4.55. The molecular weight excluding hydrogens is 444 g/mol.